The van der Waals surface area contributed by atoms with E-state index in [4.69, 9.17) is 0 Å². The lowest BCUT2D eigenvalue weighted by molar-refractivity contribution is -0.134. The summed E-state index contributed by atoms with van der Waals surface area (Å²) in [6.45, 7) is 2.05. The minimum Gasteiger partial charge on any atom is -0.273 e. The Hall–Kier alpha value is -1.71. The number of rotatable bonds is 3. The molecule has 1 aliphatic carbocycles. The van der Waals surface area contributed by atoms with Crippen LogP contribution in [0.3, 0.4) is 0 Å². The standard InChI is InChI=1S/C15H17FN2O/c1-10(11-5-6-11)18-15(19)8-7-14(17-18)12-3-2-4-13(16)9-12/h2-4,9-11H,5-8H2,1H3. The Balaban J connectivity index is 1.88. The fourth-order valence-electron chi connectivity index (χ4n) is 2.54. The van der Waals surface area contributed by atoms with E-state index in [0.717, 1.165) is 11.3 Å². The van der Waals surface area contributed by atoms with Crippen LogP contribution in [0.4, 0.5) is 4.39 Å². The van der Waals surface area contributed by atoms with E-state index in [2.05, 4.69) is 5.10 Å². The van der Waals surface area contributed by atoms with Crippen molar-refractivity contribution >= 4 is 11.6 Å². The third-order valence-electron chi connectivity index (χ3n) is 3.91. The van der Waals surface area contributed by atoms with E-state index in [1.165, 1.54) is 25.0 Å². The highest BCUT2D eigenvalue weighted by atomic mass is 19.1. The van der Waals surface area contributed by atoms with Crippen molar-refractivity contribution in [3.05, 3.63) is 35.6 Å². The van der Waals surface area contributed by atoms with Crippen LogP contribution in [0.25, 0.3) is 0 Å². The first-order valence-corrected chi connectivity index (χ1v) is 6.80. The summed E-state index contributed by atoms with van der Waals surface area (Å²) >= 11 is 0. The fraction of sp³-hybridized carbons (Fsp3) is 0.467. The van der Waals surface area contributed by atoms with Crippen LogP contribution in [0.5, 0.6) is 0 Å². The molecule has 1 fully saturated rings. The van der Waals surface area contributed by atoms with Gasteiger partial charge >= 0.3 is 0 Å². The van der Waals surface area contributed by atoms with Crippen molar-refractivity contribution in [2.24, 2.45) is 11.0 Å². The van der Waals surface area contributed by atoms with Gasteiger partial charge in [0.15, 0.2) is 0 Å². The van der Waals surface area contributed by atoms with E-state index in [9.17, 15) is 9.18 Å². The third-order valence-corrected chi connectivity index (χ3v) is 3.91. The predicted molar refractivity (Wildman–Crippen MR) is 71.2 cm³/mol. The first kappa shape index (κ1) is 12.3. The zero-order valence-electron chi connectivity index (χ0n) is 11.0. The molecule has 1 heterocycles. The van der Waals surface area contributed by atoms with Gasteiger partial charge in [-0.1, -0.05) is 12.1 Å². The SMILES string of the molecule is CC(C1CC1)N1N=C(c2cccc(F)c2)CCC1=O. The number of carbonyl (C=O) groups is 1. The molecule has 0 bridgehead atoms. The smallest absolute Gasteiger partial charge is 0.243 e. The number of amides is 1. The molecule has 1 aromatic carbocycles. The summed E-state index contributed by atoms with van der Waals surface area (Å²) in [5, 5.41) is 6.08. The Kier molecular flexibility index (Phi) is 3.09. The highest BCUT2D eigenvalue weighted by Crippen LogP contribution is 2.36. The average molecular weight is 260 g/mol. The first-order valence-electron chi connectivity index (χ1n) is 6.80. The summed E-state index contributed by atoms with van der Waals surface area (Å²) in [6, 6.07) is 6.59. The number of hydrogen-bond donors (Lipinski definition) is 0. The zero-order valence-corrected chi connectivity index (χ0v) is 11.0. The van der Waals surface area contributed by atoms with Gasteiger partial charge in [0.25, 0.3) is 0 Å². The second-order valence-electron chi connectivity index (χ2n) is 5.37. The van der Waals surface area contributed by atoms with Gasteiger partial charge in [-0.2, -0.15) is 5.10 Å². The monoisotopic (exact) mass is 260 g/mol. The van der Waals surface area contributed by atoms with E-state index >= 15 is 0 Å². The number of hydrazone groups is 1. The van der Waals surface area contributed by atoms with Crippen molar-refractivity contribution in [2.75, 3.05) is 0 Å². The molecule has 100 valence electrons. The van der Waals surface area contributed by atoms with Crippen molar-refractivity contribution in [1.29, 1.82) is 0 Å². The van der Waals surface area contributed by atoms with E-state index in [1.54, 1.807) is 11.1 Å². The van der Waals surface area contributed by atoms with Gasteiger partial charge in [0.2, 0.25) is 5.91 Å². The number of hydrogen-bond acceptors (Lipinski definition) is 2. The Bertz CT molecular complexity index is 537. The molecule has 1 atom stereocenters. The lowest BCUT2D eigenvalue weighted by atomic mass is 10.0. The van der Waals surface area contributed by atoms with E-state index < -0.39 is 0 Å². The molecule has 1 saturated carbocycles. The van der Waals surface area contributed by atoms with Crippen molar-refractivity contribution in [2.45, 2.75) is 38.6 Å². The van der Waals surface area contributed by atoms with Crippen molar-refractivity contribution in [3.8, 4) is 0 Å². The lowest BCUT2D eigenvalue weighted by Gasteiger charge is -2.29. The summed E-state index contributed by atoms with van der Waals surface area (Å²) in [5.41, 5.74) is 1.59. The molecule has 0 N–H and O–H groups in total. The molecule has 3 nitrogen and oxygen atoms in total. The van der Waals surface area contributed by atoms with E-state index in [1.807, 2.05) is 13.0 Å². The zero-order chi connectivity index (χ0) is 13.4. The minimum atomic E-state index is -0.265. The molecule has 4 heteroatoms. The van der Waals surface area contributed by atoms with Crippen LogP contribution in [0.15, 0.2) is 29.4 Å². The van der Waals surface area contributed by atoms with Gasteiger partial charge in [0.1, 0.15) is 5.82 Å². The average Bonchev–Trinajstić information content (AvgIpc) is 3.23. The summed E-state index contributed by atoms with van der Waals surface area (Å²) in [7, 11) is 0. The van der Waals surface area contributed by atoms with Crippen LogP contribution in [-0.4, -0.2) is 22.7 Å². The predicted octanol–water partition coefficient (Wildman–Crippen LogP) is 2.95. The molecule has 0 radical (unpaired) electrons. The van der Waals surface area contributed by atoms with Crippen molar-refractivity contribution in [1.82, 2.24) is 5.01 Å². The Morgan fingerprint density at radius 2 is 2.16 bits per heavy atom. The van der Waals surface area contributed by atoms with Crippen molar-refractivity contribution in [3.63, 3.8) is 0 Å². The summed E-state index contributed by atoms with van der Waals surface area (Å²) in [4.78, 5) is 12.0. The van der Waals surface area contributed by atoms with Crippen molar-refractivity contribution < 1.29 is 9.18 Å². The van der Waals surface area contributed by atoms with Crippen LogP contribution >= 0.6 is 0 Å². The molecule has 1 aliphatic heterocycles. The molecule has 1 amide bonds. The normalized spacial score (nSPS) is 21.3. The van der Waals surface area contributed by atoms with E-state index in [0.29, 0.717) is 18.8 Å². The van der Waals surface area contributed by atoms with Crippen LogP contribution in [0, 0.1) is 11.7 Å². The molecule has 1 aromatic rings. The number of nitrogens with zero attached hydrogens (tertiary/aromatic N) is 2. The largest absolute Gasteiger partial charge is 0.273 e. The first-order chi connectivity index (χ1) is 9.15. The topological polar surface area (TPSA) is 32.7 Å². The van der Waals surface area contributed by atoms with Gasteiger partial charge in [-0.25, -0.2) is 9.40 Å². The maximum absolute atomic E-state index is 13.3. The molecule has 2 aliphatic rings. The van der Waals surface area contributed by atoms with Gasteiger partial charge in [0.05, 0.1) is 11.8 Å². The van der Waals surface area contributed by atoms with Crippen LogP contribution in [0.2, 0.25) is 0 Å². The fourth-order valence-corrected chi connectivity index (χ4v) is 2.54. The Morgan fingerprint density at radius 1 is 1.37 bits per heavy atom. The van der Waals surface area contributed by atoms with Crippen LogP contribution in [-0.2, 0) is 4.79 Å². The lowest BCUT2D eigenvalue weighted by Crippen LogP contribution is -2.39. The summed E-state index contributed by atoms with van der Waals surface area (Å²) < 4.78 is 13.3. The molecule has 0 saturated heterocycles. The molecular formula is C15H17FN2O. The Morgan fingerprint density at radius 3 is 2.84 bits per heavy atom. The Labute approximate surface area is 112 Å². The summed E-state index contributed by atoms with van der Waals surface area (Å²) in [6.07, 6.45) is 3.41. The highest BCUT2D eigenvalue weighted by molar-refractivity contribution is 6.04. The maximum atomic E-state index is 13.3. The van der Waals surface area contributed by atoms with Gasteiger partial charge in [-0.15, -0.1) is 0 Å². The van der Waals surface area contributed by atoms with Gasteiger partial charge in [0, 0.05) is 18.4 Å². The van der Waals surface area contributed by atoms with Gasteiger partial charge in [-0.05, 0) is 37.8 Å². The van der Waals surface area contributed by atoms with Gasteiger partial charge < -0.3 is 0 Å². The third kappa shape index (κ3) is 2.53. The van der Waals surface area contributed by atoms with Gasteiger partial charge in [-0.3, -0.25) is 4.79 Å². The van der Waals surface area contributed by atoms with Crippen LogP contribution < -0.4 is 0 Å². The highest BCUT2D eigenvalue weighted by Gasteiger charge is 2.36. The van der Waals surface area contributed by atoms with Crippen LogP contribution in [0.1, 0.15) is 38.2 Å². The minimum absolute atomic E-state index is 0.0829. The summed E-state index contributed by atoms with van der Waals surface area (Å²) in [5.74, 6) is 0.401. The number of halogens is 1. The molecule has 0 aromatic heterocycles. The molecule has 0 spiro atoms. The quantitative estimate of drug-likeness (QED) is 0.822. The second-order valence-corrected chi connectivity index (χ2v) is 5.37. The van der Waals surface area contributed by atoms with E-state index in [-0.39, 0.29) is 17.8 Å². The number of benzene rings is 1. The maximum Gasteiger partial charge on any atom is 0.243 e. The molecular weight excluding hydrogens is 243 g/mol. The molecule has 1 unspecified atom stereocenters. The number of carbonyl (C=O) groups excluding carboxylic acids is 1. The molecule has 19 heavy (non-hydrogen) atoms. The molecule has 3 rings (SSSR count). The second kappa shape index (κ2) is 4.76.